The molecule has 3 aromatic rings. The Kier molecular flexibility index (Phi) is 5.36. The third-order valence-corrected chi connectivity index (χ3v) is 7.17. The maximum Gasteiger partial charge on any atom is 0.290 e. The summed E-state index contributed by atoms with van der Waals surface area (Å²) in [6.07, 6.45) is 6.43. The van der Waals surface area contributed by atoms with Crippen LogP contribution in [0.2, 0.25) is 0 Å². The monoisotopic (exact) mass is 398 g/mol. The van der Waals surface area contributed by atoms with Crippen LogP contribution in [0.4, 0.5) is 0 Å². The second-order valence-electron chi connectivity index (χ2n) is 6.59. The third-order valence-electron chi connectivity index (χ3n) is 4.89. The van der Waals surface area contributed by atoms with Gasteiger partial charge in [0.25, 0.3) is 5.56 Å². The second kappa shape index (κ2) is 7.90. The summed E-state index contributed by atoms with van der Waals surface area (Å²) in [6.45, 7) is 4.59. The van der Waals surface area contributed by atoms with Gasteiger partial charge in [-0.25, -0.2) is 0 Å². The summed E-state index contributed by atoms with van der Waals surface area (Å²) in [5.74, 6) is 2.31. The van der Waals surface area contributed by atoms with Gasteiger partial charge in [-0.1, -0.05) is 6.08 Å². The number of rotatable bonds is 6. The van der Waals surface area contributed by atoms with Crippen molar-refractivity contribution in [2.45, 2.75) is 42.9 Å². The lowest BCUT2D eigenvalue weighted by molar-refractivity contribution is 0.414. The molecule has 0 radical (unpaired) electrons. The lowest BCUT2D eigenvalue weighted by Gasteiger charge is -2.16. The van der Waals surface area contributed by atoms with E-state index in [0.717, 1.165) is 39.5 Å². The summed E-state index contributed by atoms with van der Waals surface area (Å²) in [4.78, 5) is 19.6. The number of thiophene rings is 1. The van der Waals surface area contributed by atoms with Crippen molar-refractivity contribution in [3.8, 4) is 5.75 Å². The van der Waals surface area contributed by atoms with E-state index in [4.69, 9.17) is 4.74 Å². The first-order valence-corrected chi connectivity index (χ1v) is 10.9. The summed E-state index contributed by atoms with van der Waals surface area (Å²) in [6, 6.07) is 7.96. The van der Waals surface area contributed by atoms with Crippen LogP contribution in [0.3, 0.4) is 0 Å². The molecule has 27 heavy (non-hydrogen) atoms. The highest BCUT2D eigenvalue weighted by Gasteiger charge is 2.22. The molecule has 2 aromatic heterocycles. The van der Waals surface area contributed by atoms with E-state index in [0.29, 0.717) is 12.3 Å². The standard InChI is InChI=1S/C21H22N2O2S2/c1-3-12-23-18(13-26-15-10-8-14(25-2)9-11-15)22-21(24)20-19(23)16-6-4-5-7-17(16)27-20/h3,8-11H,1,4-7,12-13H2,2H3. The van der Waals surface area contributed by atoms with Crippen molar-refractivity contribution >= 4 is 33.3 Å². The van der Waals surface area contributed by atoms with Gasteiger partial charge in [0.2, 0.25) is 0 Å². The highest BCUT2D eigenvalue weighted by atomic mass is 32.2. The van der Waals surface area contributed by atoms with E-state index in [1.54, 1.807) is 30.2 Å². The van der Waals surface area contributed by atoms with Gasteiger partial charge < -0.3 is 9.30 Å². The maximum atomic E-state index is 12.7. The molecule has 0 spiro atoms. The maximum absolute atomic E-state index is 12.7. The van der Waals surface area contributed by atoms with E-state index in [2.05, 4.69) is 16.1 Å². The Hall–Kier alpha value is -2.05. The fraction of sp³-hybridized carbons (Fsp3) is 0.333. The van der Waals surface area contributed by atoms with Crippen molar-refractivity contribution in [3.63, 3.8) is 0 Å². The summed E-state index contributed by atoms with van der Waals surface area (Å²) in [5, 5.41) is 0. The Bertz CT molecular complexity index is 1040. The van der Waals surface area contributed by atoms with Crippen molar-refractivity contribution in [1.29, 1.82) is 0 Å². The smallest absolute Gasteiger partial charge is 0.290 e. The molecule has 0 aliphatic heterocycles. The van der Waals surface area contributed by atoms with E-state index < -0.39 is 0 Å². The molecular weight excluding hydrogens is 376 g/mol. The molecule has 4 nitrogen and oxygen atoms in total. The summed E-state index contributed by atoms with van der Waals surface area (Å²) < 4.78 is 8.22. The molecule has 140 valence electrons. The summed E-state index contributed by atoms with van der Waals surface area (Å²) in [5.41, 5.74) is 2.37. The predicted molar refractivity (Wildman–Crippen MR) is 113 cm³/mol. The molecule has 2 heterocycles. The average molecular weight is 399 g/mol. The fourth-order valence-electron chi connectivity index (χ4n) is 3.59. The molecule has 1 aromatic carbocycles. The Balaban J connectivity index is 1.73. The van der Waals surface area contributed by atoms with E-state index in [1.165, 1.54) is 23.3 Å². The first-order valence-electron chi connectivity index (χ1n) is 9.13. The number of ether oxygens (including phenoxy) is 1. The molecule has 0 bridgehead atoms. The number of fused-ring (bicyclic) bond motifs is 3. The predicted octanol–water partition coefficient (Wildman–Crippen LogP) is 4.82. The molecule has 0 amide bonds. The molecule has 0 atom stereocenters. The van der Waals surface area contributed by atoms with E-state index in [9.17, 15) is 4.79 Å². The second-order valence-corrected chi connectivity index (χ2v) is 8.74. The molecule has 0 saturated heterocycles. The van der Waals surface area contributed by atoms with Crippen LogP contribution in [-0.4, -0.2) is 16.7 Å². The normalized spacial score (nSPS) is 13.5. The number of aryl methyl sites for hydroxylation is 2. The molecule has 1 aliphatic carbocycles. The van der Waals surface area contributed by atoms with E-state index >= 15 is 0 Å². The highest BCUT2D eigenvalue weighted by Crippen LogP contribution is 2.35. The molecule has 0 fully saturated rings. The van der Waals surface area contributed by atoms with Crippen LogP contribution >= 0.6 is 23.1 Å². The largest absolute Gasteiger partial charge is 0.497 e. The van der Waals surface area contributed by atoms with Crippen LogP contribution in [-0.2, 0) is 25.1 Å². The van der Waals surface area contributed by atoms with Crippen LogP contribution in [0.1, 0.15) is 29.1 Å². The molecule has 4 rings (SSSR count). The van der Waals surface area contributed by atoms with Gasteiger partial charge in [0.05, 0.1) is 18.4 Å². The van der Waals surface area contributed by atoms with Crippen molar-refractivity contribution in [2.24, 2.45) is 0 Å². The lowest BCUT2D eigenvalue weighted by atomic mass is 9.98. The van der Waals surface area contributed by atoms with Gasteiger partial charge >= 0.3 is 0 Å². The molecule has 0 unspecified atom stereocenters. The zero-order valence-electron chi connectivity index (χ0n) is 15.4. The first-order chi connectivity index (χ1) is 13.2. The van der Waals surface area contributed by atoms with Crippen LogP contribution in [0, 0.1) is 0 Å². The van der Waals surface area contributed by atoms with Crippen LogP contribution < -0.4 is 10.3 Å². The van der Waals surface area contributed by atoms with Gasteiger partial charge in [-0.2, -0.15) is 4.98 Å². The van der Waals surface area contributed by atoms with Crippen molar-refractivity contribution in [2.75, 3.05) is 7.11 Å². The average Bonchev–Trinajstić information content (AvgIpc) is 3.09. The van der Waals surface area contributed by atoms with Crippen molar-refractivity contribution in [3.05, 3.63) is 63.5 Å². The Labute approximate surface area is 166 Å². The van der Waals surface area contributed by atoms with Gasteiger partial charge in [0.1, 0.15) is 16.3 Å². The van der Waals surface area contributed by atoms with E-state index in [1.807, 2.05) is 30.3 Å². The zero-order valence-corrected chi connectivity index (χ0v) is 17.0. The van der Waals surface area contributed by atoms with Crippen LogP contribution in [0.5, 0.6) is 5.75 Å². The van der Waals surface area contributed by atoms with Crippen molar-refractivity contribution in [1.82, 2.24) is 9.55 Å². The van der Waals surface area contributed by atoms with Gasteiger partial charge in [-0.05, 0) is 55.5 Å². The number of benzene rings is 1. The lowest BCUT2D eigenvalue weighted by Crippen LogP contribution is -2.18. The Morgan fingerprint density at radius 2 is 2.07 bits per heavy atom. The number of thioether (sulfide) groups is 1. The molecule has 0 N–H and O–H groups in total. The van der Waals surface area contributed by atoms with Crippen LogP contribution in [0.15, 0.2) is 46.6 Å². The highest BCUT2D eigenvalue weighted by molar-refractivity contribution is 7.98. The Morgan fingerprint density at radius 3 is 2.81 bits per heavy atom. The number of nitrogens with zero attached hydrogens (tertiary/aromatic N) is 2. The molecule has 1 aliphatic rings. The third kappa shape index (κ3) is 3.56. The minimum atomic E-state index is -0.0879. The molecule has 6 heteroatoms. The first kappa shape index (κ1) is 18.3. The van der Waals surface area contributed by atoms with E-state index in [-0.39, 0.29) is 5.56 Å². The number of methoxy groups -OCH3 is 1. The zero-order chi connectivity index (χ0) is 18.8. The molecular formula is C21H22N2O2S2. The molecule has 0 saturated carbocycles. The SMILES string of the molecule is C=CCn1c(CSc2ccc(OC)cc2)nc(=O)c2sc3c(c21)CCCC3. The summed E-state index contributed by atoms with van der Waals surface area (Å²) in [7, 11) is 1.66. The fourth-order valence-corrected chi connectivity index (χ4v) is 5.72. The number of hydrogen-bond acceptors (Lipinski definition) is 5. The Morgan fingerprint density at radius 1 is 1.30 bits per heavy atom. The minimum absolute atomic E-state index is 0.0879. The van der Waals surface area contributed by atoms with Gasteiger partial charge in [-0.3, -0.25) is 4.79 Å². The quantitative estimate of drug-likeness (QED) is 0.441. The number of aromatic nitrogens is 2. The van der Waals surface area contributed by atoms with Gasteiger partial charge in [0.15, 0.2) is 0 Å². The van der Waals surface area contributed by atoms with Gasteiger partial charge in [0, 0.05) is 16.3 Å². The number of allylic oxidation sites excluding steroid dienone is 1. The van der Waals surface area contributed by atoms with Crippen molar-refractivity contribution < 1.29 is 4.74 Å². The van der Waals surface area contributed by atoms with Crippen LogP contribution in [0.25, 0.3) is 10.2 Å². The van der Waals surface area contributed by atoms with Gasteiger partial charge in [-0.15, -0.1) is 29.7 Å². The minimum Gasteiger partial charge on any atom is -0.497 e. The topological polar surface area (TPSA) is 44.1 Å². The summed E-state index contributed by atoms with van der Waals surface area (Å²) >= 11 is 3.32. The number of hydrogen-bond donors (Lipinski definition) is 0.